The molecule has 0 aliphatic carbocycles. The second kappa shape index (κ2) is 7.27. The molecule has 5 heteroatoms. The molecular weight excluding hydrogens is 342 g/mol. The average molecular weight is 365 g/mol. The van der Waals surface area contributed by atoms with Crippen LogP contribution in [0.1, 0.15) is 60.2 Å². The summed E-state index contributed by atoms with van der Waals surface area (Å²) >= 11 is 0. The van der Waals surface area contributed by atoms with E-state index in [-0.39, 0.29) is 23.7 Å². The number of fused-ring (bicyclic) bond motifs is 1. The lowest BCUT2D eigenvalue weighted by Gasteiger charge is -2.19. The predicted octanol–water partition coefficient (Wildman–Crippen LogP) is 4.88. The number of carbonyl (C=O) groups is 2. The maximum Gasteiger partial charge on any atom is 0.338 e. The van der Waals surface area contributed by atoms with Crippen molar-refractivity contribution < 1.29 is 18.7 Å². The summed E-state index contributed by atoms with van der Waals surface area (Å²) < 4.78 is 10.9. The minimum Gasteiger partial charge on any atom is -0.456 e. The number of carbonyl (C=O) groups excluding carboxylic acids is 2. The zero-order chi connectivity index (χ0) is 19.6. The van der Waals surface area contributed by atoms with Gasteiger partial charge >= 0.3 is 5.97 Å². The number of furan rings is 1. The first kappa shape index (κ1) is 18.7. The number of para-hydroxylation sites is 1. The first-order valence-electron chi connectivity index (χ1n) is 8.86. The summed E-state index contributed by atoms with van der Waals surface area (Å²) in [5.74, 6) is -0.378. The second-order valence-electron chi connectivity index (χ2n) is 7.47. The van der Waals surface area contributed by atoms with E-state index in [0.717, 1.165) is 10.9 Å². The van der Waals surface area contributed by atoms with Crippen molar-refractivity contribution in [3.05, 3.63) is 71.5 Å². The Morgan fingerprint density at radius 2 is 1.70 bits per heavy atom. The maximum atomic E-state index is 12.5. The van der Waals surface area contributed by atoms with Gasteiger partial charge in [-0.15, -0.1) is 0 Å². The largest absolute Gasteiger partial charge is 0.456 e. The van der Waals surface area contributed by atoms with Crippen molar-refractivity contribution in [1.29, 1.82) is 0 Å². The normalized spacial score (nSPS) is 12.6. The fourth-order valence-corrected chi connectivity index (χ4v) is 2.69. The number of nitrogens with one attached hydrogen (secondary N) is 1. The molecule has 0 bridgehead atoms. The molecule has 0 fully saturated rings. The van der Waals surface area contributed by atoms with Gasteiger partial charge in [0, 0.05) is 5.39 Å². The molecule has 1 amide bonds. The van der Waals surface area contributed by atoms with Crippen molar-refractivity contribution in [3.63, 3.8) is 0 Å². The first-order chi connectivity index (χ1) is 12.7. The van der Waals surface area contributed by atoms with E-state index in [4.69, 9.17) is 9.15 Å². The highest BCUT2D eigenvalue weighted by Crippen LogP contribution is 2.21. The zero-order valence-corrected chi connectivity index (χ0v) is 15.9. The van der Waals surface area contributed by atoms with E-state index in [9.17, 15) is 9.59 Å². The molecule has 3 aromatic rings. The van der Waals surface area contributed by atoms with Gasteiger partial charge < -0.3 is 14.5 Å². The van der Waals surface area contributed by atoms with Gasteiger partial charge in [0.1, 0.15) is 11.2 Å². The predicted molar refractivity (Wildman–Crippen MR) is 104 cm³/mol. The second-order valence-corrected chi connectivity index (χ2v) is 7.47. The molecule has 27 heavy (non-hydrogen) atoms. The molecule has 0 aliphatic rings. The molecule has 5 nitrogen and oxygen atoms in total. The summed E-state index contributed by atoms with van der Waals surface area (Å²) in [7, 11) is 0. The fourth-order valence-electron chi connectivity index (χ4n) is 2.69. The molecule has 1 N–H and O–H groups in total. The molecule has 140 valence electrons. The number of benzene rings is 2. The van der Waals surface area contributed by atoms with Crippen LogP contribution in [0, 0.1) is 0 Å². The van der Waals surface area contributed by atoms with Gasteiger partial charge in [-0.3, -0.25) is 4.79 Å². The van der Waals surface area contributed by atoms with Crippen LogP contribution in [0.5, 0.6) is 0 Å². The molecule has 3 rings (SSSR count). The molecule has 0 saturated heterocycles. The highest BCUT2D eigenvalue weighted by atomic mass is 16.6. The number of hydrogen-bond donors (Lipinski definition) is 1. The summed E-state index contributed by atoms with van der Waals surface area (Å²) in [6.45, 7) is 7.36. The Hall–Kier alpha value is -3.08. The molecule has 1 atom stereocenters. The van der Waals surface area contributed by atoms with Crippen molar-refractivity contribution in [2.24, 2.45) is 0 Å². The number of esters is 1. The van der Waals surface area contributed by atoms with Crippen LogP contribution in [0.4, 0.5) is 0 Å². The average Bonchev–Trinajstić information content (AvgIpc) is 3.04. The quantitative estimate of drug-likeness (QED) is 0.669. The van der Waals surface area contributed by atoms with E-state index < -0.39 is 5.60 Å². The minimum atomic E-state index is -0.538. The Morgan fingerprint density at radius 1 is 1.04 bits per heavy atom. The van der Waals surface area contributed by atoms with E-state index in [0.29, 0.717) is 11.1 Å². The number of amides is 1. The maximum absolute atomic E-state index is 12.5. The van der Waals surface area contributed by atoms with E-state index in [2.05, 4.69) is 5.32 Å². The van der Waals surface area contributed by atoms with Crippen LogP contribution in [-0.4, -0.2) is 17.5 Å². The monoisotopic (exact) mass is 365 g/mol. The third-order valence-corrected chi connectivity index (χ3v) is 4.04. The van der Waals surface area contributed by atoms with Crippen molar-refractivity contribution >= 4 is 22.8 Å². The smallest absolute Gasteiger partial charge is 0.338 e. The van der Waals surface area contributed by atoms with Gasteiger partial charge in [0.2, 0.25) is 0 Å². The minimum absolute atomic E-state index is 0.238. The van der Waals surface area contributed by atoms with Gasteiger partial charge in [-0.2, -0.15) is 0 Å². The highest BCUT2D eigenvalue weighted by Gasteiger charge is 2.19. The molecular formula is C22H23NO4. The molecule has 1 unspecified atom stereocenters. The van der Waals surface area contributed by atoms with Crippen LogP contribution in [-0.2, 0) is 4.74 Å². The van der Waals surface area contributed by atoms with Crippen molar-refractivity contribution in [2.75, 3.05) is 0 Å². The van der Waals surface area contributed by atoms with Crippen LogP contribution in [0.25, 0.3) is 11.0 Å². The molecule has 1 aromatic heterocycles. The first-order valence-corrected chi connectivity index (χ1v) is 8.86. The van der Waals surface area contributed by atoms with Gasteiger partial charge in [0.05, 0.1) is 11.6 Å². The topological polar surface area (TPSA) is 68.5 Å². The van der Waals surface area contributed by atoms with Gasteiger partial charge in [-0.25, -0.2) is 4.79 Å². The Morgan fingerprint density at radius 3 is 2.33 bits per heavy atom. The summed E-state index contributed by atoms with van der Waals surface area (Å²) in [6, 6.07) is 16.0. The van der Waals surface area contributed by atoms with Crippen LogP contribution in [0.3, 0.4) is 0 Å². The zero-order valence-electron chi connectivity index (χ0n) is 15.9. The lowest BCUT2D eigenvalue weighted by atomic mass is 10.1. The summed E-state index contributed by atoms with van der Waals surface area (Å²) in [6.07, 6.45) is 0. The van der Waals surface area contributed by atoms with E-state index in [1.165, 1.54) is 0 Å². The molecule has 2 aromatic carbocycles. The Kier molecular flexibility index (Phi) is 5.04. The van der Waals surface area contributed by atoms with Crippen LogP contribution < -0.4 is 5.32 Å². The van der Waals surface area contributed by atoms with Gasteiger partial charge in [-0.1, -0.05) is 30.3 Å². The van der Waals surface area contributed by atoms with Crippen LogP contribution >= 0.6 is 0 Å². The van der Waals surface area contributed by atoms with Crippen molar-refractivity contribution in [2.45, 2.75) is 39.3 Å². The summed E-state index contributed by atoms with van der Waals surface area (Å²) in [5.41, 5.74) is 1.50. The standard InChI is InChI=1S/C22H23NO4/c1-14(15-9-11-16(12-10-15)21(25)27-22(2,3)4)23-20(24)19-13-17-7-5-6-8-18(17)26-19/h5-14H,1-4H3,(H,23,24). The SMILES string of the molecule is CC(NC(=O)c1cc2ccccc2o1)c1ccc(C(=O)OC(C)(C)C)cc1. The Balaban J connectivity index is 1.67. The van der Waals surface area contributed by atoms with Crippen LogP contribution in [0.15, 0.2) is 59.0 Å². The fraction of sp³-hybridized carbons (Fsp3) is 0.273. The summed E-state index contributed by atoms with van der Waals surface area (Å²) in [4.78, 5) is 24.5. The van der Waals surface area contributed by atoms with Gasteiger partial charge in [0.25, 0.3) is 5.91 Å². The van der Waals surface area contributed by atoms with Crippen molar-refractivity contribution in [1.82, 2.24) is 5.32 Å². The van der Waals surface area contributed by atoms with E-state index in [1.807, 2.05) is 64.1 Å². The van der Waals surface area contributed by atoms with Crippen LogP contribution in [0.2, 0.25) is 0 Å². The third-order valence-electron chi connectivity index (χ3n) is 4.04. The highest BCUT2D eigenvalue weighted by molar-refractivity contribution is 5.96. The lowest BCUT2D eigenvalue weighted by Crippen LogP contribution is -2.26. The lowest BCUT2D eigenvalue weighted by molar-refractivity contribution is 0.00693. The van der Waals surface area contributed by atoms with E-state index >= 15 is 0 Å². The Labute approximate surface area is 158 Å². The van der Waals surface area contributed by atoms with Gasteiger partial charge in [-0.05, 0) is 57.5 Å². The number of rotatable bonds is 4. The molecule has 0 saturated carbocycles. The molecule has 0 radical (unpaired) electrons. The van der Waals surface area contributed by atoms with Crippen molar-refractivity contribution in [3.8, 4) is 0 Å². The Bertz CT molecular complexity index is 931. The molecule has 0 aliphatic heterocycles. The summed E-state index contributed by atoms with van der Waals surface area (Å²) in [5, 5.41) is 3.80. The third kappa shape index (κ3) is 4.56. The molecule has 0 spiro atoms. The molecule has 1 heterocycles. The number of ether oxygens (including phenoxy) is 1. The van der Waals surface area contributed by atoms with E-state index in [1.54, 1.807) is 18.2 Å². The number of hydrogen-bond acceptors (Lipinski definition) is 4. The van der Waals surface area contributed by atoms with Gasteiger partial charge in [0.15, 0.2) is 5.76 Å².